The fourth-order valence-electron chi connectivity index (χ4n) is 1.72. The fourth-order valence-corrected chi connectivity index (χ4v) is 2.46. The standard InChI is InChI=1S/C13H11F3IN3/c1-20(2)7-19-12-8-4-3-5-18-11(8)9(6-10(12)17)13(14,15)16/h3-7H,1-2H3. The van der Waals surface area contributed by atoms with E-state index < -0.39 is 11.7 Å². The Morgan fingerprint density at radius 2 is 2.05 bits per heavy atom. The topological polar surface area (TPSA) is 28.5 Å². The SMILES string of the molecule is CN(C)C=Nc1c(I)cc(C(F)(F)F)c2ncccc12. The smallest absolute Gasteiger partial charge is 0.369 e. The summed E-state index contributed by atoms with van der Waals surface area (Å²) in [5.74, 6) is 0. The van der Waals surface area contributed by atoms with Crippen LogP contribution in [0.2, 0.25) is 0 Å². The number of aliphatic imine (C=N–C) groups is 1. The molecule has 0 saturated heterocycles. The molecular weight excluding hydrogens is 382 g/mol. The molecule has 0 bridgehead atoms. The van der Waals surface area contributed by atoms with Gasteiger partial charge in [-0.05, 0) is 40.8 Å². The van der Waals surface area contributed by atoms with Crippen molar-refractivity contribution in [3.05, 3.63) is 33.5 Å². The monoisotopic (exact) mass is 393 g/mol. The van der Waals surface area contributed by atoms with Crippen molar-refractivity contribution >= 4 is 45.5 Å². The van der Waals surface area contributed by atoms with E-state index >= 15 is 0 Å². The third-order valence-electron chi connectivity index (χ3n) is 2.54. The molecule has 0 atom stereocenters. The number of hydrogen-bond donors (Lipinski definition) is 0. The molecule has 2 aromatic rings. The summed E-state index contributed by atoms with van der Waals surface area (Å²) >= 11 is 1.86. The quantitative estimate of drug-likeness (QED) is 0.437. The number of alkyl halides is 3. The maximum absolute atomic E-state index is 13.1. The number of benzene rings is 1. The maximum atomic E-state index is 13.1. The van der Waals surface area contributed by atoms with Crippen LogP contribution in [0.25, 0.3) is 10.9 Å². The van der Waals surface area contributed by atoms with Crippen molar-refractivity contribution in [1.82, 2.24) is 9.88 Å². The molecule has 2 rings (SSSR count). The Hall–Kier alpha value is -1.38. The van der Waals surface area contributed by atoms with E-state index in [1.165, 1.54) is 6.20 Å². The van der Waals surface area contributed by atoms with Crippen LogP contribution in [0.15, 0.2) is 29.4 Å². The molecule has 0 aliphatic heterocycles. The van der Waals surface area contributed by atoms with Crippen LogP contribution >= 0.6 is 22.6 Å². The minimum atomic E-state index is -4.43. The molecule has 7 heteroatoms. The van der Waals surface area contributed by atoms with E-state index in [1.54, 1.807) is 37.5 Å². The van der Waals surface area contributed by atoms with Gasteiger partial charge < -0.3 is 4.90 Å². The van der Waals surface area contributed by atoms with Gasteiger partial charge in [0.15, 0.2) is 0 Å². The number of hydrogen-bond acceptors (Lipinski definition) is 2. The lowest BCUT2D eigenvalue weighted by Crippen LogP contribution is -2.09. The van der Waals surface area contributed by atoms with Crippen LogP contribution in [-0.2, 0) is 6.18 Å². The Kier molecular flexibility index (Phi) is 4.17. The molecule has 3 nitrogen and oxygen atoms in total. The highest BCUT2D eigenvalue weighted by molar-refractivity contribution is 14.1. The molecule has 106 valence electrons. The van der Waals surface area contributed by atoms with Gasteiger partial charge in [-0.3, -0.25) is 4.98 Å². The number of aromatic nitrogens is 1. The zero-order chi connectivity index (χ0) is 14.9. The predicted octanol–water partition coefficient (Wildman–Crippen LogP) is 4.08. The number of nitrogens with zero attached hydrogens (tertiary/aromatic N) is 3. The van der Waals surface area contributed by atoms with Crippen molar-refractivity contribution in [2.75, 3.05) is 14.1 Å². The molecule has 1 aromatic heterocycles. The molecule has 0 unspecified atom stereocenters. The molecule has 0 saturated carbocycles. The lowest BCUT2D eigenvalue weighted by atomic mass is 10.1. The van der Waals surface area contributed by atoms with Gasteiger partial charge in [0, 0.05) is 29.2 Å². The van der Waals surface area contributed by atoms with Crippen molar-refractivity contribution in [2.24, 2.45) is 4.99 Å². The van der Waals surface area contributed by atoms with Gasteiger partial charge in [-0.25, -0.2) is 4.99 Å². The summed E-state index contributed by atoms with van der Waals surface area (Å²) in [6.45, 7) is 0. The van der Waals surface area contributed by atoms with Gasteiger partial charge in [0.25, 0.3) is 0 Å². The molecule has 0 amide bonds. The number of halogens is 4. The zero-order valence-electron chi connectivity index (χ0n) is 10.7. The highest BCUT2D eigenvalue weighted by Crippen LogP contribution is 2.39. The zero-order valence-corrected chi connectivity index (χ0v) is 12.9. The summed E-state index contributed by atoms with van der Waals surface area (Å²) in [5.41, 5.74) is -0.317. The van der Waals surface area contributed by atoms with Gasteiger partial charge in [-0.15, -0.1) is 0 Å². The summed E-state index contributed by atoms with van der Waals surface area (Å²) in [5, 5.41) is 0.393. The van der Waals surface area contributed by atoms with Gasteiger partial charge in [0.2, 0.25) is 0 Å². The van der Waals surface area contributed by atoms with Crippen molar-refractivity contribution in [2.45, 2.75) is 6.18 Å². The highest BCUT2D eigenvalue weighted by atomic mass is 127. The van der Waals surface area contributed by atoms with Crippen LogP contribution in [0.5, 0.6) is 0 Å². The fraction of sp³-hybridized carbons (Fsp3) is 0.231. The predicted molar refractivity (Wildman–Crippen MR) is 81.3 cm³/mol. The molecule has 0 spiro atoms. The third-order valence-corrected chi connectivity index (χ3v) is 3.36. The molecule has 0 aliphatic rings. The molecule has 0 fully saturated rings. The summed E-state index contributed by atoms with van der Waals surface area (Å²) in [4.78, 5) is 9.83. The number of rotatable bonds is 2. The second-order valence-corrected chi connectivity index (χ2v) is 5.52. The van der Waals surface area contributed by atoms with E-state index in [9.17, 15) is 13.2 Å². The lowest BCUT2D eigenvalue weighted by molar-refractivity contribution is -0.136. The van der Waals surface area contributed by atoms with Crippen LogP contribution in [0.4, 0.5) is 18.9 Å². The Bertz CT molecular complexity index is 666. The normalized spacial score (nSPS) is 12.3. The average molecular weight is 393 g/mol. The van der Waals surface area contributed by atoms with E-state index in [0.717, 1.165) is 6.07 Å². The second-order valence-electron chi connectivity index (χ2n) is 4.36. The van der Waals surface area contributed by atoms with Crippen LogP contribution in [0.1, 0.15) is 5.56 Å². The Labute approximate surface area is 127 Å². The summed E-state index contributed by atoms with van der Waals surface area (Å²) in [6.07, 6.45) is -1.53. The van der Waals surface area contributed by atoms with Crippen molar-refractivity contribution < 1.29 is 13.2 Å². The molecule has 1 heterocycles. The van der Waals surface area contributed by atoms with Crippen molar-refractivity contribution in [1.29, 1.82) is 0 Å². The Balaban J connectivity index is 2.76. The van der Waals surface area contributed by atoms with E-state index in [2.05, 4.69) is 9.98 Å². The molecule has 0 aliphatic carbocycles. The summed E-state index contributed by atoms with van der Waals surface area (Å²) in [6, 6.07) is 4.29. The first-order valence-corrected chi connectivity index (χ1v) is 6.73. The van der Waals surface area contributed by atoms with Gasteiger partial charge in [0.05, 0.1) is 23.1 Å². The summed E-state index contributed by atoms with van der Waals surface area (Å²) in [7, 11) is 3.59. The molecule has 1 aromatic carbocycles. The number of fused-ring (bicyclic) bond motifs is 1. The van der Waals surface area contributed by atoms with E-state index in [1.807, 2.05) is 22.6 Å². The van der Waals surface area contributed by atoms with Crippen LogP contribution < -0.4 is 0 Å². The van der Waals surface area contributed by atoms with Crippen molar-refractivity contribution in [3.63, 3.8) is 0 Å². The van der Waals surface area contributed by atoms with Gasteiger partial charge in [-0.1, -0.05) is 0 Å². The maximum Gasteiger partial charge on any atom is 0.418 e. The van der Waals surface area contributed by atoms with Gasteiger partial charge in [-0.2, -0.15) is 13.2 Å². The molecule has 0 N–H and O–H groups in total. The molecule has 0 radical (unpaired) electrons. The Morgan fingerprint density at radius 3 is 2.65 bits per heavy atom. The first-order valence-electron chi connectivity index (χ1n) is 5.65. The first-order chi connectivity index (χ1) is 9.30. The van der Waals surface area contributed by atoms with Crippen LogP contribution in [-0.4, -0.2) is 30.3 Å². The van der Waals surface area contributed by atoms with Gasteiger partial charge in [0.1, 0.15) is 0 Å². The van der Waals surface area contributed by atoms with Crippen molar-refractivity contribution in [3.8, 4) is 0 Å². The molecular formula is C13H11F3IN3. The minimum absolute atomic E-state index is 0.0775. The minimum Gasteiger partial charge on any atom is -0.369 e. The van der Waals surface area contributed by atoms with Crippen LogP contribution in [0.3, 0.4) is 0 Å². The van der Waals surface area contributed by atoms with E-state index in [-0.39, 0.29) is 5.52 Å². The molecule has 20 heavy (non-hydrogen) atoms. The summed E-state index contributed by atoms with van der Waals surface area (Å²) < 4.78 is 39.6. The highest BCUT2D eigenvalue weighted by Gasteiger charge is 2.34. The lowest BCUT2D eigenvalue weighted by Gasteiger charge is -2.13. The number of pyridine rings is 1. The van der Waals surface area contributed by atoms with Crippen LogP contribution in [0, 0.1) is 3.57 Å². The third kappa shape index (κ3) is 3.02. The van der Waals surface area contributed by atoms with E-state index in [4.69, 9.17) is 0 Å². The first kappa shape index (κ1) is 15.0. The average Bonchev–Trinajstić information content (AvgIpc) is 2.35. The van der Waals surface area contributed by atoms with E-state index in [0.29, 0.717) is 14.6 Å². The largest absolute Gasteiger partial charge is 0.418 e. The van der Waals surface area contributed by atoms with Gasteiger partial charge >= 0.3 is 6.18 Å². The second kappa shape index (κ2) is 5.55. The Morgan fingerprint density at radius 1 is 1.35 bits per heavy atom.